The van der Waals surface area contributed by atoms with E-state index in [0.29, 0.717) is 26.2 Å². The van der Waals surface area contributed by atoms with Gasteiger partial charge in [-0.2, -0.15) is 17.0 Å². The van der Waals surface area contributed by atoms with Gasteiger partial charge in [-0.25, -0.2) is 0 Å². The SMILES string of the molecule is COC1CCN(S(=O)(=O)N2CCCCCCC2)CC1. The first kappa shape index (κ1) is 15.2. The van der Waals surface area contributed by atoms with Crippen molar-refractivity contribution in [3.63, 3.8) is 0 Å². The zero-order valence-electron chi connectivity index (χ0n) is 11.9. The predicted octanol–water partition coefficient (Wildman–Crippen LogP) is 1.61. The van der Waals surface area contributed by atoms with Gasteiger partial charge in [0.1, 0.15) is 0 Å². The summed E-state index contributed by atoms with van der Waals surface area (Å²) in [6.45, 7) is 2.56. The zero-order valence-corrected chi connectivity index (χ0v) is 12.7. The molecule has 0 radical (unpaired) electrons. The number of rotatable bonds is 3. The molecule has 112 valence electrons. The van der Waals surface area contributed by atoms with E-state index in [1.807, 2.05) is 0 Å². The van der Waals surface area contributed by atoms with Crippen molar-refractivity contribution in [1.82, 2.24) is 8.61 Å². The van der Waals surface area contributed by atoms with Crippen LogP contribution in [0.5, 0.6) is 0 Å². The molecule has 2 aliphatic rings. The molecule has 5 nitrogen and oxygen atoms in total. The van der Waals surface area contributed by atoms with Crippen LogP contribution in [0.2, 0.25) is 0 Å². The standard InChI is InChI=1S/C13H26N2O3S/c1-18-13-7-11-15(12-8-13)19(16,17)14-9-5-3-2-4-6-10-14/h13H,2-12H2,1H3. The number of hydrogen-bond acceptors (Lipinski definition) is 3. The Labute approximate surface area is 117 Å². The molecule has 0 amide bonds. The van der Waals surface area contributed by atoms with Gasteiger partial charge >= 0.3 is 0 Å². The smallest absolute Gasteiger partial charge is 0.281 e. The zero-order chi connectivity index (χ0) is 13.7. The second-order valence-electron chi connectivity index (χ2n) is 5.51. The van der Waals surface area contributed by atoms with Crippen LogP contribution in [-0.4, -0.2) is 56.4 Å². The molecule has 0 aromatic carbocycles. The van der Waals surface area contributed by atoms with Gasteiger partial charge < -0.3 is 4.74 Å². The molecule has 0 spiro atoms. The summed E-state index contributed by atoms with van der Waals surface area (Å²) in [5, 5.41) is 0. The van der Waals surface area contributed by atoms with Crippen molar-refractivity contribution in [3.05, 3.63) is 0 Å². The quantitative estimate of drug-likeness (QED) is 0.793. The van der Waals surface area contributed by atoms with Crippen molar-refractivity contribution in [2.45, 2.75) is 51.0 Å². The van der Waals surface area contributed by atoms with Crippen molar-refractivity contribution < 1.29 is 13.2 Å². The summed E-state index contributed by atoms with van der Waals surface area (Å²) in [6.07, 6.45) is 7.37. The van der Waals surface area contributed by atoms with E-state index in [2.05, 4.69) is 0 Å². The summed E-state index contributed by atoms with van der Waals surface area (Å²) < 4.78 is 33.9. The van der Waals surface area contributed by atoms with Crippen molar-refractivity contribution >= 4 is 10.2 Å². The third-order valence-electron chi connectivity index (χ3n) is 4.20. The van der Waals surface area contributed by atoms with E-state index in [4.69, 9.17) is 4.74 Å². The lowest BCUT2D eigenvalue weighted by atomic mass is 10.1. The van der Waals surface area contributed by atoms with Crippen molar-refractivity contribution in [1.29, 1.82) is 0 Å². The first-order chi connectivity index (χ1) is 9.14. The maximum absolute atomic E-state index is 12.6. The number of nitrogens with zero attached hydrogens (tertiary/aromatic N) is 2. The topological polar surface area (TPSA) is 49.9 Å². The molecular weight excluding hydrogens is 264 g/mol. The molecule has 2 heterocycles. The number of ether oxygens (including phenoxy) is 1. The lowest BCUT2D eigenvalue weighted by Crippen LogP contribution is -2.48. The molecule has 0 N–H and O–H groups in total. The number of hydrogen-bond donors (Lipinski definition) is 0. The Morgan fingerprint density at radius 3 is 1.84 bits per heavy atom. The summed E-state index contributed by atoms with van der Waals surface area (Å²) in [7, 11) is -1.54. The van der Waals surface area contributed by atoms with E-state index in [1.54, 1.807) is 15.7 Å². The Hall–Kier alpha value is -0.170. The van der Waals surface area contributed by atoms with E-state index >= 15 is 0 Å². The van der Waals surface area contributed by atoms with Crippen LogP contribution in [0.15, 0.2) is 0 Å². The van der Waals surface area contributed by atoms with Gasteiger partial charge in [-0.1, -0.05) is 19.3 Å². The molecule has 2 aliphatic heterocycles. The monoisotopic (exact) mass is 290 g/mol. The minimum Gasteiger partial charge on any atom is -0.381 e. The molecule has 0 atom stereocenters. The van der Waals surface area contributed by atoms with Crippen LogP contribution in [0.25, 0.3) is 0 Å². The van der Waals surface area contributed by atoms with Crippen LogP contribution in [0.3, 0.4) is 0 Å². The molecule has 0 aromatic rings. The fraction of sp³-hybridized carbons (Fsp3) is 1.00. The van der Waals surface area contributed by atoms with Crippen molar-refractivity contribution in [2.24, 2.45) is 0 Å². The van der Waals surface area contributed by atoms with Crippen LogP contribution >= 0.6 is 0 Å². The first-order valence-electron chi connectivity index (χ1n) is 7.42. The van der Waals surface area contributed by atoms with Gasteiger partial charge in [0.15, 0.2) is 0 Å². The summed E-state index contributed by atoms with van der Waals surface area (Å²) in [4.78, 5) is 0. The average Bonchev–Trinajstić information content (AvgIpc) is 2.38. The lowest BCUT2D eigenvalue weighted by Gasteiger charge is -2.35. The highest BCUT2D eigenvalue weighted by Crippen LogP contribution is 2.21. The van der Waals surface area contributed by atoms with Gasteiger partial charge in [-0.05, 0) is 25.7 Å². The molecule has 6 heteroatoms. The van der Waals surface area contributed by atoms with E-state index in [1.165, 1.54) is 6.42 Å². The summed E-state index contributed by atoms with van der Waals surface area (Å²) in [5.41, 5.74) is 0. The molecule has 0 unspecified atom stereocenters. The van der Waals surface area contributed by atoms with E-state index in [-0.39, 0.29) is 6.10 Å². The second kappa shape index (κ2) is 7.02. The van der Waals surface area contributed by atoms with Crippen LogP contribution < -0.4 is 0 Å². The molecule has 2 rings (SSSR count). The molecule has 2 fully saturated rings. The predicted molar refractivity (Wildman–Crippen MR) is 75.2 cm³/mol. The van der Waals surface area contributed by atoms with Gasteiger partial charge in [0, 0.05) is 33.3 Å². The summed E-state index contributed by atoms with van der Waals surface area (Å²) >= 11 is 0. The minimum atomic E-state index is -3.25. The fourth-order valence-electron chi connectivity index (χ4n) is 2.91. The van der Waals surface area contributed by atoms with E-state index in [9.17, 15) is 8.42 Å². The van der Waals surface area contributed by atoms with Gasteiger partial charge in [0.05, 0.1) is 6.10 Å². The fourth-order valence-corrected chi connectivity index (χ4v) is 4.63. The highest BCUT2D eigenvalue weighted by Gasteiger charge is 2.32. The Kier molecular flexibility index (Phi) is 5.62. The summed E-state index contributed by atoms with van der Waals surface area (Å²) in [5.74, 6) is 0. The van der Waals surface area contributed by atoms with Crippen LogP contribution in [-0.2, 0) is 14.9 Å². The van der Waals surface area contributed by atoms with Gasteiger partial charge in [-0.15, -0.1) is 0 Å². The second-order valence-corrected chi connectivity index (χ2v) is 7.44. The first-order valence-corrected chi connectivity index (χ1v) is 8.82. The third kappa shape index (κ3) is 3.90. The minimum absolute atomic E-state index is 0.221. The lowest BCUT2D eigenvalue weighted by molar-refractivity contribution is 0.0590. The molecule has 0 saturated carbocycles. The maximum atomic E-state index is 12.6. The van der Waals surface area contributed by atoms with Crippen molar-refractivity contribution in [2.75, 3.05) is 33.3 Å². The third-order valence-corrected chi connectivity index (χ3v) is 6.24. The van der Waals surface area contributed by atoms with Gasteiger partial charge in [-0.3, -0.25) is 0 Å². The molecule has 0 aliphatic carbocycles. The molecule has 2 saturated heterocycles. The van der Waals surface area contributed by atoms with Gasteiger partial charge in [0.2, 0.25) is 0 Å². The van der Waals surface area contributed by atoms with Crippen LogP contribution in [0.1, 0.15) is 44.9 Å². The highest BCUT2D eigenvalue weighted by molar-refractivity contribution is 7.86. The molecule has 0 bridgehead atoms. The van der Waals surface area contributed by atoms with E-state index < -0.39 is 10.2 Å². The van der Waals surface area contributed by atoms with Crippen LogP contribution in [0.4, 0.5) is 0 Å². The van der Waals surface area contributed by atoms with Gasteiger partial charge in [0.25, 0.3) is 10.2 Å². The van der Waals surface area contributed by atoms with Crippen LogP contribution in [0, 0.1) is 0 Å². The van der Waals surface area contributed by atoms with E-state index in [0.717, 1.165) is 38.5 Å². The molecule has 0 aromatic heterocycles. The molecule has 19 heavy (non-hydrogen) atoms. The normalized spacial score (nSPS) is 25.9. The largest absolute Gasteiger partial charge is 0.381 e. The summed E-state index contributed by atoms with van der Waals surface area (Å²) in [6, 6.07) is 0. The number of methoxy groups -OCH3 is 1. The highest BCUT2D eigenvalue weighted by atomic mass is 32.2. The Morgan fingerprint density at radius 2 is 1.32 bits per heavy atom. The Balaban J connectivity index is 1.96. The van der Waals surface area contributed by atoms with Crippen molar-refractivity contribution in [3.8, 4) is 0 Å². The Bertz CT molecular complexity index is 356. The Morgan fingerprint density at radius 1 is 0.842 bits per heavy atom. The maximum Gasteiger partial charge on any atom is 0.281 e. The average molecular weight is 290 g/mol. The molecular formula is C13H26N2O3S. The number of piperidine rings is 1.